The molecular weight excluding hydrogens is 278 g/mol. The first kappa shape index (κ1) is 14.3. The Labute approximate surface area is 112 Å². The molecule has 3 heteroatoms. The molecule has 94 valence electrons. The molecule has 0 radical (unpaired) electrons. The summed E-state index contributed by atoms with van der Waals surface area (Å²) in [7, 11) is 0. The third-order valence-corrected chi connectivity index (χ3v) is 3.03. The van der Waals surface area contributed by atoms with Crippen molar-refractivity contribution in [3.63, 3.8) is 0 Å². The Balaban J connectivity index is 2.18. The van der Waals surface area contributed by atoms with E-state index in [9.17, 15) is 0 Å². The van der Waals surface area contributed by atoms with E-state index in [0.717, 1.165) is 30.5 Å². The molecule has 2 nitrogen and oxygen atoms in total. The Morgan fingerprint density at radius 1 is 1.41 bits per heavy atom. The second-order valence-corrected chi connectivity index (χ2v) is 4.99. The number of ether oxygens (including phenoxy) is 1. The van der Waals surface area contributed by atoms with Gasteiger partial charge in [0.25, 0.3) is 0 Å². The lowest BCUT2D eigenvalue weighted by Gasteiger charge is -2.13. The quantitative estimate of drug-likeness (QED) is 0.585. The summed E-state index contributed by atoms with van der Waals surface area (Å²) in [5.74, 6) is 0. The van der Waals surface area contributed by atoms with Crippen molar-refractivity contribution in [2.45, 2.75) is 25.8 Å². The molecule has 0 bridgehead atoms. The fourth-order valence-electron chi connectivity index (χ4n) is 1.63. The van der Waals surface area contributed by atoms with E-state index < -0.39 is 0 Å². The maximum Gasteiger partial charge on any atom is 0.0885 e. The van der Waals surface area contributed by atoms with Gasteiger partial charge in [0.15, 0.2) is 0 Å². The third kappa shape index (κ3) is 6.49. The summed E-state index contributed by atoms with van der Waals surface area (Å²) in [6, 6.07) is 8.96. The lowest BCUT2D eigenvalue weighted by Crippen LogP contribution is -2.29. The van der Waals surface area contributed by atoms with Crippen LogP contribution in [0.2, 0.25) is 0 Å². The number of benzene rings is 1. The van der Waals surface area contributed by atoms with Crippen LogP contribution >= 0.6 is 15.9 Å². The number of hydrogen-bond donors (Lipinski definition) is 1. The highest BCUT2D eigenvalue weighted by atomic mass is 79.9. The van der Waals surface area contributed by atoms with Crippen molar-refractivity contribution in [2.24, 2.45) is 0 Å². The molecule has 0 aliphatic heterocycles. The molecule has 1 atom stereocenters. The summed E-state index contributed by atoms with van der Waals surface area (Å²) in [5, 5.41) is 3.48. The number of nitrogens with one attached hydrogen (secondary N) is 1. The summed E-state index contributed by atoms with van der Waals surface area (Å²) in [6.07, 6.45) is 3.55. The predicted octanol–water partition coefficient (Wildman–Crippen LogP) is 3.52. The van der Waals surface area contributed by atoms with Crippen molar-refractivity contribution in [3.05, 3.63) is 47.1 Å². The van der Waals surface area contributed by atoms with E-state index in [-0.39, 0.29) is 0 Å². The molecule has 1 rings (SSSR count). The lowest BCUT2D eigenvalue weighted by atomic mass is 10.1. The highest BCUT2D eigenvalue weighted by Crippen LogP contribution is 2.11. The topological polar surface area (TPSA) is 21.3 Å². The molecule has 0 aromatic heterocycles. The highest BCUT2D eigenvalue weighted by Gasteiger charge is 2.02. The average Bonchev–Trinajstić information content (AvgIpc) is 2.32. The maximum atomic E-state index is 5.07. The Bertz CT molecular complexity index is 323. The second-order valence-electron chi connectivity index (χ2n) is 4.08. The first-order chi connectivity index (χ1) is 8.22. The van der Waals surface area contributed by atoms with Gasteiger partial charge in [0, 0.05) is 10.5 Å². The molecule has 1 N–H and O–H groups in total. The molecule has 0 saturated carbocycles. The van der Waals surface area contributed by atoms with Crippen LogP contribution in [0.1, 0.15) is 18.9 Å². The first-order valence-electron chi connectivity index (χ1n) is 5.92. The van der Waals surface area contributed by atoms with Crippen molar-refractivity contribution in [3.8, 4) is 0 Å². The number of halogens is 1. The molecular formula is C14H20BrNO. The van der Waals surface area contributed by atoms with Crippen LogP contribution in [0.15, 0.2) is 41.6 Å². The van der Waals surface area contributed by atoms with Crippen molar-refractivity contribution >= 4 is 15.9 Å². The Morgan fingerprint density at radius 2 is 2.12 bits per heavy atom. The fraction of sp³-hybridized carbons (Fsp3) is 0.429. The minimum atomic E-state index is 0.486. The van der Waals surface area contributed by atoms with Crippen LogP contribution in [-0.4, -0.2) is 19.2 Å². The Hall–Kier alpha value is -0.800. The van der Waals surface area contributed by atoms with Gasteiger partial charge in [-0.25, -0.2) is 0 Å². The van der Waals surface area contributed by atoms with Crippen LogP contribution in [0.4, 0.5) is 0 Å². The zero-order chi connectivity index (χ0) is 12.5. The Morgan fingerprint density at radius 3 is 2.76 bits per heavy atom. The molecule has 0 heterocycles. The summed E-state index contributed by atoms with van der Waals surface area (Å²) >= 11 is 3.44. The molecule has 0 aliphatic rings. The van der Waals surface area contributed by atoms with Gasteiger partial charge in [0.05, 0.1) is 12.9 Å². The van der Waals surface area contributed by atoms with Gasteiger partial charge in [0.1, 0.15) is 0 Å². The van der Waals surface area contributed by atoms with Gasteiger partial charge in [-0.2, -0.15) is 0 Å². The second kappa shape index (κ2) is 8.31. The standard InChI is InChI=1S/C14H20BrNO/c1-3-17-10-4-9-16-12(2)11-13-5-7-14(15)8-6-13/h3,5-8,12,16H,1,4,9-11H2,2H3. The lowest BCUT2D eigenvalue weighted by molar-refractivity contribution is 0.243. The smallest absolute Gasteiger partial charge is 0.0885 e. The van der Waals surface area contributed by atoms with E-state index in [1.807, 2.05) is 0 Å². The summed E-state index contributed by atoms with van der Waals surface area (Å²) in [6.45, 7) is 7.43. The molecule has 17 heavy (non-hydrogen) atoms. The first-order valence-corrected chi connectivity index (χ1v) is 6.72. The average molecular weight is 298 g/mol. The molecule has 0 fully saturated rings. The number of rotatable bonds is 8. The SMILES string of the molecule is C=COCCCNC(C)Cc1ccc(Br)cc1. The maximum absolute atomic E-state index is 5.07. The predicted molar refractivity (Wildman–Crippen MR) is 76.1 cm³/mol. The summed E-state index contributed by atoms with van der Waals surface area (Å²) in [4.78, 5) is 0. The fourth-order valence-corrected chi connectivity index (χ4v) is 1.90. The van der Waals surface area contributed by atoms with Gasteiger partial charge in [-0.15, -0.1) is 0 Å². The van der Waals surface area contributed by atoms with Gasteiger partial charge in [-0.1, -0.05) is 34.6 Å². The van der Waals surface area contributed by atoms with Gasteiger partial charge >= 0.3 is 0 Å². The van der Waals surface area contributed by atoms with E-state index in [4.69, 9.17) is 4.74 Å². The van der Waals surface area contributed by atoms with E-state index >= 15 is 0 Å². The molecule has 0 amide bonds. The van der Waals surface area contributed by atoms with Gasteiger partial charge in [-0.05, 0) is 44.0 Å². The molecule has 1 aromatic carbocycles. The zero-order valence-corrected chi connectivity index (χ0v) is 11.9. The normalized spacial score (nSPS) is 12.1. The van der Waals surface area contributed by atoms with Crippen LogP contribution in [0.3, 0.4) is 0 Å². The molecule has 1 aromatic rings. The van der Waals surface area contributed by atoms with Crippen molar-refractivity contribution in [1.82, 2.24) is 5.32 Å². The van der Waals surface area contributed by atoms with Crippen molar-refractivity contribution in [1.29, 1.82) is 0 Å². The molecule has 0 saturated heterocycles. The van der Waals surface area contributed by atoms with Crippen molar-refractivity contribution in [2.75, 3.05) is 13.2 Å². The minimum Gasteiger partial charge on any atom is -0.502 e. The van der Waals surface area contributed by atoms with Gasteiger partial charge in [-0.3, -0.25) is 0 Å². The van der Waals surface area contributed by atoms with Crippen molar-refractivity contribution < 1.29 is 4.74 Å². The van der Waals surface area contributed by atoms with E-state index in [0.29, 0.717) is 6.04 Å². The zero-order valence-electron chi connectivity index (χ0n) is 10.3. The van der Waals surface area contributed by atoms with Crippen LogP contribution in [0.25, 0.3) is 0 Å². The highest BCUT2D eigenvalue weighted by molar-refractivity contribution is 9.10. The third-order valence-electron chi connectivity index (χ3n) is 2.50. The van der Waals surface area contributed by atoms with E-state index in [1.54, 1.807) is 0 Å². The van der Waals surface area contributed by atoms with E-state index in [1.165, 1.54) is 11.8 Å². The van der Waals surface area contributed by atoms with Gasteiger partial charge in [0.2, 0.25) is 0 Å². The van der Waals surface area contributed by atoms with Crippen LogP contribution < -0.4 is 5.32 Å². The van der Waals surface area contributed by atoms with E-state index in [2.05, 4.69) is 59.0 Å². The number of hydrogen-bond acceptors (Lipinski definition) is 2. The summed E-state index contributed by atoms with van der Waals surface area (Å²) < 4.78 is 6.19. The van der Waals surface area contributed by atoms with Gasteiger partial charge < -0.3 is 10.1 Å². The molecule has 0 aliphatic carbocycles. The van der Waals surface area contributed by atoms with Crippen LogP contribution in [-0.2, 0) is 11.2 Å². The monoisotopic (exact) mass is 297 g/mol. The largest absolute Gasteiger partial charge is 0.502 e. The molecule has 0 spiro atoms. The molecule has 1 unspecified atom stereocenters. The summed E-state index contributed by atoms with van der Waals surface area (Å²) in [5.41, 5.74) is 1.36. The minimum absolute atomic E-state index is 0.486. The van der Waals surface area contributed by atoms with Crippen LogP contribution in [0, 0.1) is 0 Å². The van der Waals surface area contributed by atoms with Crippen LogP contribution in [0.5, 0.6) is 0 Å². The Kier molecular flexibility index (Phi) is 6.97.